The van der Waals surface area contributed by atoms with Crippen molar-refractivity contribution >= 4 is 34.3 Å². The van der Waals surface area contributed by atoms with Gasteiger partial charge in [0.05, 0.1) is 12.1 Å². The summed E-state index contributed by atoms with van der Waals surface area (Å²) in [6, 6.07) is 8.10. The van der Waals surface area contributed by atoms with E-state index in [9.17, 15) is 14.4 Å². The van der Waals surface area contributed by atoms with E-state index in [0.29, 0.717) is 5.13 Å². The summed E-state index contributed by atoms with van der Waals surface area (Å²) in [5.74, 6) is -1.23. The molecule has 144 valence electrons. The van der Waals surface area contributed by atoms with Crippen molar-refractivity contribution in [2.75, 3.05) is 11.9 Å². The summed E-state index contributed by atoms with van der Waals surface area (Å²) in [6.07, 6.45) is 0.0258. The van der Waals surface area contributed by atoms with Crippen molar-refractivity contribution in [3.05, 3.63) is 35.2 Å². The Morgan fingerprint density at radius 1 is 1.22 bits per heavy atom. The van der Waals surface area contributed by atoms with E-state index in [1.54, 1.807) is 0 Å². The molecule has 1 aromatic carbocycles. The minimum absolute atomic E-state index is 0.00631. The Morgan fingerprint density at radius 3 is 2.56 bits per heavy atom. The standard InChI is InChI=1S/C19H23N3O4S/c1-4-14-5-7-15(8-6-14)16-11-27-19(21-16)22-18(25)12(2)26-17(24)9-10-20-13(3)23/h5-8,11-12H,4,9-10H2,1-3H3,(H,20,23)(H,21,22,25)/t12-/m1/s1. The number of anilines is 1. The molecule has 0 radical (unpaired) electrons. The van der Waals surface area contributed by atoms with Gasteiger partial charge in [-0.15, -0.1) is 11.3 Å². The average Bonchev–Trinajstić information content (AvgIpc) is 3.09. The molecule has 2 aromatic rings. The van der Waals surface area contributed by atoms with Crippen LogP contribution in [0.25, 0.3) is 11.3 Å². The number of carbonyl (C=O) groups is 3. The third-order valence-electron chi connectivity index (χ3n) is 3.77. The van der Waals surface area contributed by atoms with Crippen molar-refractivity contribution in [3.8, 4) is 11.3 Å². The largest absolute Gasteiger partial charge is 0.452 e. The van der Waals surface area contributed by atoms with E-state index in [0.717, 1.165) is 17.7 Å². The Bertz CT molecular complexity index is 802. The number of esters is 1. The monoisotopic (exact) mass is 389 g/mol. The number of aryl methyl sites for hydroxylation is 1. The van der Waals surface area contributed by atoms with Gasteiger partial charge in [-0.1, -0.05) is 31.2 Å². The molecule has 0 saturated heterocycles. The van der Waals surface area contributed by atoms with Gasteiger partial charge >= 0.3 is 5.97 Å². The number of benzene rings is 1. The Kier molecular flexibility index (Phi) is 7.48. The molecule has 2 amide bonds. The maximum atomic E-state index is 12.2. The number of rotatable bonds is 8. The number of nitrogens with one attached hydrogen (secondary N) is 2. The molecule has 1 aromatic heterocycles. The van der Waals surface area contributed by atoms with Crippen LogP contribution < -0.4 is 10.6 Å². The summed E-state index contributed by atoms with van der Waals surface area (Å²) >= 11 is 1.31. The minimum Gasteiger partial charge on any atom is -0.452 e. The van der Waals surface area contributed by atoms with Crippen LogP contribution in [0.1, 0.15) is 32.8 Å². The zero-order valence-corrected chi connectivity index (χ0v) is 16.4. The molecule has 1 atom stereocenters. The SMILES string of the molecule is CCc1ccc(-c2csc(NC(=O)[C@@H](C)OC(=O)CCNC(C)=O)n2)cc1. The predicted molar refractivity (Wildman–Crippen MR) is 104 cm³/mol. The Labute approximate surface area is 162 Å². The first kappa shape index (κ1) is 20.6. The number of hydrogen-bond acceptors (Lipinski definition) is 6. The molecule has 1 heterocycles. The molecule has 0 fully saturated rings. The third-order valence-corrected chi connectivity index (χ3v) is 4.53. The van der Waals surface area contributed by atoms with Gasteiger partial charge in [-0.2, -0.15) is 0 Å². The Hall–Kier alpha value is -2.74. The van der Waals surface area contributed by atoms with Crippen LogP contribution in [0.3, 0.4) is 0 Å². The topological polar surface area (TPSA) is 97.4 Å². The maximum Gasteiger partial charge on any atom is 0.308 e. The van der Waals surface area contributed by atoms with Crippen LogP contribution in [0.5, 0.6) is 0 Å². The lowest BCUT2D eigenvalue weighted by Gasteiger charge is -2.12. The molecule has 0 aliphatic rings. The number of aromatic nitrogens is 1. The van der Waals surface area contributed by atoms with Gasteiger partial charge in [0.1, 0.15) is 0 Å². The van der Waals surface area contributed by atoms with Crippen LogP contribution in [0.4, 0.5) is 5.13 Å². The van der Waals surface area contributed by atoms with Gasteiger partial charge in [0.25, 0.3) is 5.91 Å². The van der Waals surface area contributed by atoms with Gasteiger partial charge in [-0.05, 0) is 18.9 Å². The average molecular weight is 389 g/mol. The number of nitrogens with zero attached hydrogens (tertiary/aromatic N) is 1. The van der Waals surface area contributed by atoms with Gasteiger partial charge in [0.2, 0.25) is 5.91 Å². The summed E-state index contributed by atoms with van der Waals surface area (Å²) in [5, 5.41) is 7.45. The number of amides is 2. The van der Waals surface area contributed by atoms with Gasteiger partial charge < -0.3 is 10.1 Å². The highest BCUT2D eigenvalue weighted by Crippen LogP contribution is 2.25. The number of thiazole rings is 1. The molecule has 27 heavy (non-hydrogen) atoms. The van der Waals surface area contributed by atoms with E-state index in [1.807, 2.05) is 17.5 Å². The van der Waals surface area contributed by atoms with Crippen LogP contribution in [-0.4, -0.2) is 35.4 Å². The smallest absolute Gasteiger partial charge is 0.308 e. The van der Waals surface area contributed by atoms with Crippen LogP contribution in [0, 0.1) is 0 Å². The molecule has 0 unspecified atom stereocenters. The number of carbonyl (C=O) groups excluding carboxylic acids is 3. The third kappa shape index (κ3) is 6.49. The van der Waals surface area contributed by atoms with E-state index >= 15 is 0 Å². The van der Waals surface area contributed by atoms with E-state index in [1.165, 1.54) is 30.7 Å². The summed E-state index contributed by atoms with van der Waals surface area (Å²) in [7, 11) is 0. The molecule has 2 rings (SSSR count). The second-order valence-electron chi connectivity index (χ2n) is 5.94. The van der Waals surface area contributed by atoms with Gasteiger partial charge in [0.15, 0.2) is 11.2 Å². The molecule has 0 spiro atoms. The molecule has 0 saturated carbocycles. The van der Waals surface area contributed by atoms with Gasteiger partial charge in [-0.3, -0.25) is 19.7 Å². The zero-order chi connectivity index (χ0) is 19.8. The van der Waals surface area contributed by atoms with Crippen LogP contribution >= 0.6 is 11.3 Å². The second-order valence-corrected chi connectivity index (χ2v) is 6.80. The molecule has 0 aliphatic heterocycles. The van der Waals surface area contributed by atoms with Crippen molar-refractivity contribution in [2.24, 2.45) is 0 Å². The van der Waals surface area contributed by atoms with E-state index in [-0.39, 0.29) is 18.9 Å². The Balaban J connectivity index is 1.87. The quantitative estimate of drug-likeness (QED) is 0.677. The Morgan fingerprint density at radius 2 is 1.93 bits per heavy atom. The van der Waals surface area contributed by atoms with Crippen molar-refractivity contribution in [3.63, 3.8) is 0 Å². The summed E-state index contributed by atoms with van der Waals surface area (Å²) in [5.41, 5.74) is 3.00. The lowest BCUT2D eigenvalue weighted by molar-refractivity contribution is -0.153. The highest BCUT2D eigenvalue weighted by atomic mass is 32.1. The lowest BCUT2D eigenvalue weighted by Crippen LogP contribution is -2.31. The first-order chi connectivity index (χ1) is 12.9. The van der Waals surface area contributed by atoms with Crippen molar-refractivity contribution < 1.29 is 19.1 Å². The number of hydrogen-bond donors (Lipinski definition) is 2. The van der Waals surface area contributed by atoms with Crippen molar-refractivity contribution in [2.45, 2.75) is 39.7 Å². The summed E-state index contributed by atoms with van der Waals surface area (Å²) in [4.78, 5) is 39.0. The fourth-order valence-corrected chi connectivity index (χ4v) is 2.95. The van der Waals surface area contributed by atoms with Crippen LogP contribution in [0.2, 0.25) is 0 Å². The molecule has 7 nitrogen and oxygen atoms in total. The van der Waals surface area contributed by atoms with E-state index in [2.05, 4.69) is 34.7 Å². The van der Waals surface area contributed by atoms with E-state index < -0.39 is 18.0 Å². The summed E-state index contributed by atoms with van der Waals surface area (Å²) in [6.45, 7) is 5.12. The number of ether oxygens (including phenoxy) is 1. The molecular formula is C19H23N3O4S. The zero-order valence-electron chi connectivity index (χ0n) is 15.6. The molecule has 0 aliphatic carbocycles. The molecular weight excluding hydrogens is 366 g/mol. The molecule has 8 heteroatoms. The second kappa shape index (κ2) is 9.82. The highest BCUT2D eigenvalue weighted by Gasteiger charge is 2.19. The lowest BCUT2D eigenvalue weighted by atomic mass is 10.1. The molecule has 0 bridgehead atoms. The van der Waals surface area contributed by atoms with Crippen LogP contribution in [0.15, 0.2) is 29.6 Å². The van der Waals surface area contributed by atoms with Crippen molar-refractivity contribution in [1.29, 1.82) is 0 Å². The highest BCUT2D eigenvalue weighted by molar-refractivity contribution is 7.14. The minimum atomic E-state index is -0.953. The van der Waals surface area contributed by atoms with E-state index in [4.69, 9.17) is 4.74 Å². The maximum absolute atomic E-state index is 12.2. The first-order valence-electron chi connectivity index (χ1n) is 8.68. The normalized spacial score (nSPS) is 11.5. The van der Waals surface area contributed by atoms with Crippen LogP contribution in [-0.2, 0) is 25.5 Å². The van der Waals surface area contributed by atoms with Crippen molar-refractivity contribution in [1.82, 2.24) is 10.3 Å². The van der Waals surface area contributed by atoms with Gasteiger partial charge in [-0.25, -0.2) is 4.98 Å². The summed E-state index contributed by atoms with van der Waals surface area (Å²) < 4.78 is 5.06. The van der Waals surface area contributed by atoms with Gasteiger partial charge in [0, 0.05) is 24.4 Å². The fraction of sp³-hybridized carbons (Fsp3) is 0.368. The predicted octanol–water partition coefficient (Wildman–Crippen LogP) is 2.77. The fourth-order valence-electron chi connectivity index (χ4n) is 2.23. The molecule has 2 N–H and O–H groups in total. The first-order valence-corrected chi connectivity index (χ1v) is 9.56.